The second-order valence-corrected chi connectivity index (χ2v) is 4.79. The number of hydrogen-bond donors (Lipinski definition) is 2. The van der Waals surface area contributed by atoms with Crippen LogP contribution >= 0.6 is 0 Å². The van der Waals surface area contributed by atoms with E-state index in [1.807, 2.05) is 6.92 Å². The molecule has 4 heteroatoms. The van der Waals surface area contributed by atoms with Crippen molar-refractivity contribution in [2.45, 2.75) is 19.8 Å². The Labute approximate surface area is 98.6 Å². The second kappa shape index (κ2) is 6.53. The van der Waals surface area contributed by atoms with Crippen molar-refractivity contribution in [2.75, 3.05) is 33.2 Å². The molecule has 0 bridgehead atoms. The first-order valence-electron chi connectivity index (χ1n) is 5.94. The zero-order chi connectivity index (χ0) is 12.0. The molecule has 1 fully saturated rings. The molecule has 1 saturated heterocycles. The molecule has 0 aromatic heterocycles. The van der Waals surface area contributed by atoms with Crippen LogP contribution in [0.5, 0.6) is 0 Å². The Bertz CT molecular complexity index is 252. The van der Waals surface area contributed by atoms with Gasteiger partial charge in [0.2, 0.25) is 0 Å². The fourth-order valence-corrected chi connectivity index (χ4v) is 1.79. The molecule has 0 unspecified atom stereocenters. The standard InChI is InChI=1S/C12H24N4/c1-10(2)8-14-12(13)15-9-11-4-6-16(3)7-5-11/h11H,1,4-9H2,2-3H3,(H3,13,14,15). The topological polar surface area (TPSA) is 53.6 Å². The van der Waals surface area contributed by atoms with Gasteiger partial charge in [-0.15, -0.1) is 0 Å². The maximum absolute atomic E-state index is 5.75. The van der Waals surface area contributed by atoms with Gasteiger partial charge < -0.3 is 16.0 Å². The molecule has 0 aromatic rings. The largest absolute Gasteiger partial charge is 0.370 e. The Balaban J connectivity index is 2.18. The first kappa shape index (κ1) is 13.0. The van der Waals surface area contributed by atoms with Crippen LogP contribution in [0.1, 0.15) is 19.8 Å². The van der Waals surface area contributed by atoms with E-state index < -0.39 is 0 Å². The van der Waals surface area contributed by atoms with Crippen molar-refractivity contribution in [3.8, 4) is 0 Å². The fraction of sp³-hybridized carbons (Fsp3) is 0.750. The van der Waals surface area contributed by atoms with Crippen LogP contribution in [0.25, 0.3) is 0 Å². The molecule has 1 heterocycles. The summed E-state index contributed by atoms with van der Waals surface area (Å²) in [6, 6.07) is 0. The summed E-state index contributed by atoms with van der Waals surface area (Å²) < 4.78 is 0. The van der Waals surface area contributed by atoms with Gasteiger partial charge >= 0.3 is 0 Å². The van der Waals surface area contributed by atoms with Gasteiger partial charge in [-0.25, -0.2) is 4.99 Å². The van der Waals surface area contributed by atoms with Crippen LogP contribution < -0.4 is 11.1 Å². The molecule has 16 heavy (non-hydrogen) atoms. The second-order valence-electron chi connectivity index (χ2n) is 4.79. The minimum atomic E-state index is 0.543. The zero-order valence-electron chi connectivity index (χ0n) is 10.5. The Morgan fingerprint density at radius 2 is 2.12 bits per heavy atom. The summed E-state index contributed by atoms with van der Waals surface area (Å²) in [6.45, 7) is 9.68. The van der Waals surface area contributed by atoms with Crippen molar-refractivity contribution >= 4 is 5.96 Å². The van der Waals surface area contributed by atoms with Crippen LogP contribution in [0.4, 0.5) is 0 Å². The highest BCUT2D eigenvalue weighted by atomic mass is 15.1. The van der Waals surface area contributed by atoms with E-state index in [9.17, 15) is 0 Å². The van der Waals surface area contributed by atoms with E-state index in [0.717, 1.165) is 18.0 Å². The number of aliphatic imine (C=N–C) groups is 1. The summed E-state index contributed by atoms with van der Waals surface area (Å²) in [6.07, 6.45) is 2.49. The van der Waals surface area contributed by atoms with Gasteiger partial charge in [-0.05, 0) is 45.8 Å². The van der Waals surface area contributed by atoms with Crippen molar-refractivity contribution in [3.05, 3.63) is 12.2 Å². The van der Waals surface area contributed by atoms with Crippen molar-refractivity contribution in [2.24, 2.45) is 16.6 Å². The molecule has 0 aromatic carbocycles. The van der Waals surface area contributed by atoms with Crippen LogP contribution in [0.15, 0.2) is 17.1 Å². The third-order valence-corrected chi connectivity index (χ3v) is 2.93. The van der Waals surface area contributed by atoms with Gasteiger partial charge in [0, 0.05) is 6.54 Å². The van der Waals surface area contributed by atoms with Crippen molar-refractivity contribution in [3.63, 3.8) is 0 Å². The molecule has 0 atom stereocenters. The first-order chi connectivity index (χ1) is 7.58. The van der Waals surface area contributed by atoms with Gasteiger partial charge in [-0.3, -0.25) is 0 Å². The zero-order valence-corrected chi connectivity index (χ0v) is 10.5. The van der Waals surface area contributed by atoms with Crippen LogP contribution in [0.2, 0.25) is 0 Å². The van der Waals surface area contributed by atoms with Crippen LogP contribution in [-0.4, -0.2) is 44.1 Å². The third-order valence-electron chi connectivity index (χ3n) is 2.93. The molecule has 0 radical (unpaired) electrons. The molecular weight excluding hydrogens is 200 g/mol. The first-order valence-corrected chi connectivity index (χ1v) is 5.94. The van der Waals surface area contributed by atoms with Crippen molar-refractivity contribution < 1.29 is 0 Å². The molecule has 1 aliphatic rings. The summed E-state index contributed by atoms with van der Waals surface area (Å²) in [5.41, 5.74) is 6.79. The van der Waals surface area contributed by atoms with Gasteiger partial charge in [-0.1, -0.05) is 12.2 Å². The normalized spacial score (nSPS) is 19.8. The Morgan fingerprint density at radius 3 is 2.69 bits per heavy atom. The van der Waals surface area contributed by atoms with E-state index in [0.29, 0.717) is 12.5 Å². The summed E-state index contributed by atoms with van der Waals surface area (Å²) in [5.74, 6) is 1.27. The molecule has 1 rings (SSSR count). The molecule has 4 nitrogen and oxygen atoms in total. The van der Waals surface area contributed by atoms with Gasteiger partial charge in [0.05, 0.1) is 6.54 Å². The quantitative estimate of drug-likeness (QED) is 0.422. The SMILES string of the molecule is C=C(C)CN=C(N)NCC1CCN(C)CC1. The Morgan fingerprint density at radius 1 is 1.50 bits per heavy atom. The summed E-state index contributed by atoms with van der Waals surface area (Å²) in [7, 11) is 2.17. The number of rotatable bonds is 4. The molecule has 3 N–H and O–H groups in total. The molecule has 0 spiro atoms. The summed E-state index contributed by atoms with van der Waals surface area (Å²) in [5, 5.41) is 3.19. The van der Waals surface area contributed by atoms with Gasteiger partial charge in [-0.2, -0.15) is 0 Å². The lowest BCUT2D eigenvalue weighted by Gasteiger charge is -2.29. The van der Waals surface area contributed by atoms with E-state index in [1.165, 1.54) is 25.9 Å². The van der Waals surface area contributed by atoms with Crippen LogP contribution in [0, 0.1) is 5.92 Å². The Kier molecular flexibility index (Phi) is 5.32. The number of likely N-dealkylation sites (tertiary alicyclic amines) is 1. The minimum absolute atomic E-state index is 0.543. The molecular formula is C12H24N4. The molecule has 0 amide bonds. The average molecular weight is 224 g/mol. The summed E-state index contributed by atoms with van der Waals surface area (Å²) >= 11 is 0. The van der Waals surface area contributed by atoms with E-state index in [2.05, 4.69) is 28.8 Å². The lowest BCUT2D eigenvalue weighted by molar-refractivity contribution is 0.220. The van der Waals surface area contributed by atoms with E-state index in [1.54, 1.807) is 0 Å². The molecule has 0 saturated carbocycles. The van der Waals surface area contributed by atoms with Gasteiger partial charge in [0.15, 0.2) is 5.96 Å². The minimum Gasteiger partial charge on any atom is -0.370 e. The van der Waals surface area contributed by atoms with Crippen LogP contribution in [0.3, 0.4) is 0 Å². The maximum atomic E-state index is 5.75. The van der Waals surface area contributed by atoms with Crippen molar-refractivity contribution in [1.82, 2.24) is 10.2 Å². The van der Waals surface area contributed by atoms with E-state index in [-0.39, 0.29) is 0 Å². The monoisotopic (exact) mass is 224 g/mol. The molecule has 0 aliphatic carbocycles. The number of nitrogens with zero attached hydrogens (tertiary/aromatic N) is 2. The maximum Gasteiger partial charge on any atom is 0.188 e. The van der Waals surface area contributed by atoms with E-state index in [4.69, 9.17) is 5.73 Å². The summed E-state index contributed by atoms with van der Waals surface area (Å²) in [4.78, 5) is 6.57. The number of guanidine groups is 1. The Hall–Kier alpha value is -1.03. The highest BCUT2D eigenvalue weighted by Gasteiger charge is 2.16. The molecule has 92 valence electrons. The predicted molar refractivity (Wildman–Crippen MR) is 69.5 cm³/mol. The number of nitrogens with two attached hydrogens (primary N) is 1. The van der Waals surface area contributed by atoms with Crippen LogP contribution in [-0.2, 0) is 0 Å². The lowest BCUT2D eigenvalue weighted by atomic mass is 9.97. The predicted octanol–water partition coefficient (Wildman–Crippen LogP) is 0.809. The number of piperidine rings is 1. The third kappa shape index (κ3) is 5.16. The van der Waals surface area contributed by atoms with Gasteiger partial charge in [0.1, 0.15) is 0 Å². The fourth-order valence-electron chi connectivity index (χ4n) is 1.79. The molecule has 1 aliphatic heterocycles. The van der Waals surface area contributed by atoms with Crippen molar-refractivity contribution in [1.29, 1.82) is 0 Å². The number of nitrogens with one attached hydrogen (secondary N) is 1. The lowest BCUT2D eigenvalue weighted by Crippen LogP contribution is -2.39. The number of hydrogen-bond acceptors (Lipinski definition) is 2. The average Bonchev–Trinajstić information content (AvgIpc) is 2.25. The smallest absolute Gasteiger partial charge is 0.188 e. The van der Waals surface area contributed by atoms with Gasteiger partial charge in [0.25, 0.3) is 0 Å². The highest BCUT2D eigenvalue weighted by molar-refractivity contribution is 5.77. The highest BCUT2D eigenvalue weighted by Crippen LogP contribution is 2.14. The van der Waals surface area contributed by atoms with E-state index >= 15 is 0 Å².